The monoisotopic (exact) mass is 393 g/mol. The molecule has 2 heterocycles. The summed E-state index contributed by atoms with van der Waals surface area (Å²) in [4.78, 5) is 16.5. The summed E-state index contributed by atoms with van der Waals surface area (Å²) in [6, 6.07) is 7.44. The third-order valence-electron chi connectivity index (χ3n) is 4.52. The summed E-state index contributed by atoms with van der Waals surface area (Å²) in [7, 11) is 0. The van der Waals surface area contributed by atoms with Gasteiger partial charge in [0.25, 0.3) is 0 Å². The lowest BCUT2D eigenvalue weighted by Crippen LogP contribution is -2.32. The van der Waals surface area contributed by atoms with Gasteiger partial charge in [0.05, 0.1) is 17.2 Å². The van der Waals surface area contributed by atoms with E-state index in [9.17, 15) is 4.79 Å². The molecule has 26 heavy (non-hydrogen) atoms. The number of amides is 1. The average molecular weight is 394 g/mol. The van der Waals surface area contributed by atoms with Gasteiger partial charge >= 0.3 is 0 Å². The highest BCUT2D eigenvalue weighted by Crippen LogP contribution is 2.25. The summed E-state index contributed by atoms with van der Waals surface area (Å²) in [5.41, 5.74) is 0.936. The fourth-order valence-corrected chi connectivity index (χ4v) is 3.79. The zero-order valence-electron chi connectivity index (χ0n) is 14.8. The smallest absolute Gasteiger partial charge is 0.232 e. The van der Waals surface area contributed by atoms with E-state index >= 15 is 0 Å². The number of hydrogen-bond donors (Lipinski definition) is 2. The van der Waals surface area contributed by atoms with Gasteiger partial charge in [-0.2, -0.15) is 0 Å². The van der Waals surface area contributed by atoms with Crippen molar-refractivity contribution in [2.24, 2.45) is 5.92 Å². The summed E-state index contributed by atoms with van der Waals surface area (Å²) >= 11 is 7.43. The molecule has 1 aliphatic heterocycles. The topological polar surface area (TPSA) is 67.2 Å². The molecule has 5 nitrogen and oxygen atoms in total. The van der Waals surface area contributed by atoms with E-state index in [-0.39, 0.29) is 11.2 Å². The van der Waals surface area contributed by atoms with Gasteiger partial charge < -0.3 is 15.1 Å². The van der Waals surface area contributed by atoms with Crippen LogP contribution in [-0.4, -0.2) is 35.8 Å². The van der Waals surface area contributed by atoms with Crippen molar-refractivity contribution in [1.29, 1.82) is 0 Å². The second-order valence-corrected chi connectivity index (χ2v) is 8.28. The van der Waals surface area contributed by atoms with Crippen LogP contribution in [0.25, 0.3) is 11.3 Å². The van der Waals surface area contributed by atoms with Crippen molar-refractivity contribution in [2.45, 2.75) is 30.8 Å². The first-order valence-electron chi connectivity index (χ1n) is 8.92. The van der Waals surface area contributed by atoms with Gasteiger partial charge in [-0.25, -0.2) is 4.98 Å². The summed E-state index contributed by atoms with van der Waals surface area (Å²) in [6.45, 7) is 4.83. The number of oxazole rings is 1. The highest BCUT2D eigenvalue weighted by Gasteiger charge is 2.17. The number of thioether (sulfide) groups is 1. The predicted octanol–water partition coefficient (Wildman–Crippen LogP) is 3.73. The quantitative estimate of drug-likeness (QED) is 0.715. The van der Waals surface area contributed by atoms with Crippen LogP contribution in [0.5, 0.6) is 0 Å². The Kier molecular flexibility index (Phi) is 7.00. The highest BCUT2D eigenvalue weighted by molar-refractivity contribution is 7.99. The zero-order chi connectivity index (χ0) is 18.4. The molecule has 1 amide bonds. The molecule has 2 unspecified atom stereocenters. The van der Waals surface area contributed by atoms with Crippen molar-refractivity contribution >= 4 is 29.3 Å². The number of nitrogens with zero attached hydrogens (tertiary/aromatic N) is 1. The summed E-state index contributed by atoms with van der Waals surface area (Å²) in [5, 5.41) is 6.93. The van der Waals surface area contributed by atoms with Gasteiger partial charge in [0.15, 0.2) is 5.76 Å². The highest BCUT2D eigenvalue weighted by atomic mass is 35.5. The predicted molar refractivity (Wildman–Crippen MR) is 106 cm³/mol. The second-order valence-electron chi connectivity index (χ2n) is 6.52. The van der Waals surface area contributed by atoms with E-state index in [2.05, 4.69) is 15.6 Å². The SMILES string of the molecule is CC(SCc1ncc(-c2ccc(Cl)cc2)o1)C(=O)NCCC1CCNC1. The number of carbonyl (C=O) groups is 1. The van der Waals surface area contributed by atoms with E-state index in [1.54, 1.807) is 6.20 Å². The van der Waals surface area contributed by atoms with Gasteiger partial charge in [-0.1, -0.05) is 11.6 Å². The molecule has 2 N–H and O–H groups in total. The molecule has 0 bridgehead atoms. The van der Waals surface area contributed by atoms with Crippen LogP contribution in [0.4, 0.5) is 0 Å². The van der Waals surface area contributed by atoms with E-state index in [4.69, 9.17) is 16.0 Å². The van der Waals surface area contributed by atoms with Crippen LogP contribution < -0.4 is 10.6 Å². The number of carbonyl (C=O) groups excluding carboxylic acids is 1. The molecule has 0 spiro atoms. The number of benzene rings is 1. The van der Waals surface area contributed by atoms with E-state index in [0.29, 0.717) is 28.3 Å². The molecule has 1 saturated heterocycles. The van der Waals surface area contributed by atoms with Crippen LogP contribution in [0.2, 0.25) is 5.02 Å². The second kappa shape index (κ2) is 9.44. The van der Waals surface area contributed by atoms with Crippen LogP contribution >= 0.6 is 23.4 Å². The fraction of sp³-hybridized carbons (Fsp3) is 0.474. The molecule has 0 saturated carbocycles. The van der Waals surface area contributed by atoms with Gasteiger partial charge in [-0.15, -0.1) is 11.8 Å². The lowest BCUT2D eigenvalue weighted by molar-refractivity contribution is -0.120. The maximum Gasteiger partial charge on any atom is 0.232 e. The first-order valence-corrected chi connectivity index (χ1v) is 10.3. The largest absolute Gasteiger partial charge is 0.440 e. The van der Waals surface area contributed by atoms with Crippen molar-refractivity contribution in [3.8, 4) is 11.3 Å². The van der Waals surface area contributed by atoms with Crippen molar-refractivity contribution in [2.75, 3.05) is 19.6 Å². The Morgan fingerprint density at radius 2 is 2.27 bits per heavy atom. The molecule has 1 aromatic heterocycles. The Balaban J connectivity index is 1.41. The van der Waals surface area contributed by atoms with Gasteiger partial charge in [0.2, 0.25) is 11.8 Å². The number of nitrogens with one attached hydrogen (secondary N) is 2. The van der Waals surface area contributed by atoms with Crippen LogP contribution in [0, 0.1) is 5.92 Å². The van der Waals surface area contributed by atoms with Crippen LogP contribution in [-0.2, 0) is 10.5 Å². The minimum Gasteiger partial charge on any atom is -0.440 e. The zero-order valence-corrected chi connectivity index (χ0v) is 16.4. The molecule has 2 atom stereocenters. The Morgan fingerprint density at radius 3 is 3.00 bits per heavy atom. The number of aromatic nitrogens is 1. The first-order chi connectivity index (χ1) is 12.6. The molecule has 3 rings (SSSR count). The molecular weight excluding hydrogens is 370 g/mol. The molecule has 0 aliphatic carbocycles. The lowest BCUT2D eigenvalue weighted by atomic mass is 10.1. The van der Waals surface area contributed by atoms with E-state index in [1.165, 1.54) is 18.2 Å². The summed E-state index contributed by atoms with van der Waals surface area (Å²) in [5.74, 6) is 2.66. The Bertz CT molecular complexity index is 714. The number of hydrogen-bond acceptors (Lipinski definition) is 5. The molecule has 1 aromatic carbocycles. The van der Waals surface area contributed by atoms with Crippen molar-refractivity contribution in [1.82, 2.24) is 15.6 Å². The van der Waals surface area contributed by atoms with Gasteiger partial charge in [-0.3, -0.25) is 4.79 Å². The number of halogens is 1. The van der Waals surface area contributed by atoms with Crippen molar-refractivity contribution < 1.29 is 9.21 Å². The fourth-order valence-electron chi connectivity index (χ4n) is 2.90. The summed E-state index contributed by atoms with van der Waals surface area (Å²) in [6.07, 6.45) is 3.96. The van der Waals surface area contributed by atoms with E-state index in [1.807, 2.05) is 31.2 Å². The average Bonchev–Trinajstić information content (AvgIpc) is 3.32. The third kappa shape index (κ3) is 5.50. The normalized spacial score (nSPS) is 18.0. The maximum atomic E-state index is 12.2. The molecule has 140 valence electrons. The molecule has 2 aromatic rings. The van der Waals surface area contributed by atoms with Crippen molar-refractivity contribution in [3.63, 3.8) is 0 Å². The maximum absolute atomic E-state index is 12.2. The van der Waals surface area contributed by atoms with Gasteiger partial charge in [-0.05, 0) is 63.0 Å². The van der Waals surface area contributed by atoms with Crippen molar-refractivity contribution in [3.05, 3.63) is 41.4 Å². The van der Waals surface area contributed by atoms with Gasteiger partial charge in [0.1, 0.15) is 0 Å². The molecule has 7 heteroatoms. The van der Waals surface area contributed by atoms with Crippen LogP contribution in [0.1, 0.15) is 25.7 Å². The molecule has 0 radical (unpaired) electrons. The standard InChI is InChI=1S/C19H24ClN3O2S/c1-13(19(24)22-9-7-14-6-8-21-10-14)26-12-18-23-11-17(25-18)15-2-4-16(20)5-3-15/h2-5,11,13-14,21H,6-10,12H2,1H3,(H,22,24). The number of rotatable bonds is 8. The molecular formula is C19H24ClN3O2S. The third-order valence-corrected chi connectivity index (χ3v) is 5.90. The summed E-state index contributed by atoms with van der Waals surface area (Å²) < 4.78 is 5.77. The van der Waals surface area contributed by atoms with Crippen LogP contribution in [0.15, 0.2) is 34.9 Å². The minimum absolute atomic E-state index is 0.0745. The van der Waals surface area contributed by atoms with E-state index < -0.39 is 0 Å². The Labute approximate surface area is 163 Å². The molecule has 1 aliphatic rings. The van der Waals surface area contributed by atoms with Crippen LogP contribution in [0.3, 0.4) is 0 Å². The Morgan fingerprint density at radius 1 is 1.46 bits per heavy atom. The van der Waals surface area contributed by atoms with Gasteiger partial charge in [0, 0.05) is 17.1 Å². The molecule has 1 fully saturated rings. The lowest BCUT2D eigenvalue weighted by Gasteiger charge is -2.13. The first kappa shape index (κ1) is 19.3. The Hall–Kier alpha value is -1.50. The van der Waals surface area contributed by atoms with E-state index in [0.717, 1.165) is 31.6 Å². The minimum atomic E-state index is -0.136.